The first-order chi connectivity index (χ1) is 18.5. The molecule has 39 heavy (non-hydrogen) atoms. The van der Waals surface area contributed by atoms with E-state index in [-0.39, 0.29) is 23.7 Å². The van der Waals surface area contributed by atoms with Crippen molar-refractivity contribution in [3.63, 3.8) is 0 Å². The maximum absolute atomic E-state index is 13.6. The van der Waals surface area contributed by atoms with Gasteiger partial charge in [-0.1, -0.05) is 63.2 Å². The predicted octanol–water partition coefficient (Wildman–Crippen LogP) is 1.26. The Balaban J connectivity index is 1.99. The number of rotatable bonds is 6. The number of carbonyl (C=O) groups is 4. The Labute approximate surface area is 228 Å². The van der Waals surface area contributed by atoms with Crippen LogP contribution >= 0.6 is 0 Å². The molecule has 3 rings (SSSR count). The highest BCUT2D eigenvalue weighted by molar-refractivity contribution is 6.00. The highest BCUT2D eigenvalue weighted by atomic mass is 16.3. The standard InChI is InChI=1S/C29H38N4O6/c1-16(2)14-22-28(38)30-18(4)24(33-27(37)20-12-8-9-13-23(20)34)29(39)31-21(15-19-10-6-5-7-11-19)25(35)17(3)26(36)32-22/h5-13,16-18,21-22,24-25,34-35H,14-15H2,1-4H3,(H,30,38)(H,31,39)(H,32,36)(H,33,37). The number of benzene rings is 2. The van der Waals surface area contributed by atoms with Gasteiger partial charge >= 0.3 is 0 Å². The molecule has 1 aliphatic heterocycles. The Bertz CT molecular complexity index is 1170. The first-order valence-electron chi connectivity index (χ1n) is 13.2. The van der Waals surface area contributed by atoms with Crippen molar-refractivity contribution >= 4 is 23.6 Å². The molecular formula is C29H38N4O6. The van der Waals surface area contributed by atoms with Crippen molar-refractivity contribution in [3.8, 4) is 5.75 Å². The maximum atomic E-state index is 13.6. The number of amides is 4. The van der Waals surface area contributed by atoms with Gasteiger partial charge in [0.1, 0.15) is 17.8 Å². The molecule has 0 aliphatic carbocycles. The van der Waals surface area contributed by atoms with Crippen molar-refractivity contribution < 1.29 is 29.4 Å². The Morgan fingerprint density at radius 1 is 0.897 bits per heavy atom. The van der Waals surface area contributed by atoms with E-state index in [9.17, 15) is 29.4 Å². The number of hydrogen-bond donors (Lipinski definition) is 6. The minimum atomic E-state index is -1.29. The lowest BCUT2D eigenvalue weighted by atomic mass is 9.90. The first-order valence-corrected chi connectivity index (χ1v) is 13.2. The lowest BCUT2D eigenvalue weighted by molar-refractivity contribution is -0.136. The van der Waals surface area contributed by atoms with E-state index in [0.29, 0.717) is 6.42 Å². The van der Waals surface area contributed by atoms with Crippen LogP contribution in [-0.4, -0.2) is 64.1 Å². The van der Waals surface area contributed by atoms with Crippen LogP contribution in [-0.2, 0) is 20.8 Å². The molecule has 0 bridgehead atoms. The van der Waals surface area contributed by atoms with Gasteiger partial charge in [0, 0.05) is 0 Å². The number of carbonyl (C=O) groups excluding carboxylic acids is 4. The van der Waals surface area contributed by atoms with Crippen molar-refractivity contribution in [1.29, 1.82) is 0 Å². The van der Waals surface area contributed by atoms with Crippen molar-refractivity contribution in [2.75, 3.05) is 0 Å². The fraction of sp³-hybridized carbons (Fsp3) is 0.448. The number of para-hydroxylation sites is 1. The van der Waals surface area contributed by atoms with E-state index in [0.717, 1.165) is 5.56 Å². The summed E-state index contributed by atoms with van der Waals surface area (Å²) in [6, 6.07) is 11.2. The van der Waals surface area contributed by atoms with E-state index in [2.05, 4.69) is 21.3 Å². The van der Waals surface area contributed by atoms with Gasteiger partial charge in [-0.3, -0.25) is 19.2 Å². The van der Waals surface area contributed by atoms with E-state index >= 15 is 0 Å². The van der Waals surface area contributed by atoms with Crippen LogP contribution in [0.15, 0.2) is 54.6 Å². The molecule has 0 radical (unpaired) electrons. The van der Waals surface area contributed by atoms with Gasteiger partial charge in [-0.15, -0.1) is 0 Å². The van der Waals surface area contributed by atoms with E-state index in [4.69, 9.17) is 0 Å². The average Bonchev–Trinajstić information content (AvgIpc) is 2.89. The minimum absolute atomic E-state index is 0.0330. The molecule has 1 fully saturated rings. The number of nitrogens with one attached hydrogen (secondary N) is 4. The Hall–Kier alpha value is -3.92. The molecule has 210 valence electrons. The molecule has 1 heterocycles. The molecule has 2 aromatic carbocycles. The first kappa shape index (κ1) is 29.6. The van der Waals surface area contributed by atoms with Gasteiger partial charge in [-0.05, 0) is 43.4 Å². The molecule has 1 aliphatic rings. The van der Waals surface area contributed by atoms with Crippen LogP contribution in [0.4, 0.5) is 0 Å². The van der Waals surface area contributed by atoms with Crippen LogP contribution in [0.3, 0.4) is 0 Å². The zero-order chi connectivity index (χ0) is 28.7. The molecular weight excluding hydrogens is 500 g/mol. The Kier molecular flexibility index (Phi) is 10.1. The normalized spacial score (nSPS) is 26.5. The number of aromatic hydroxyl groups is 1. The number of aliphatic hydroxyl groups is 1. The Morgan fingerprint density at radius 3 is 2.18 bits per heavy atom. The van der Waals surface area contributed by atoms with Crippen LogP contribution in [0.5, 0.6) is 5.75 Å². The van der Waals surface area contributed by atoms with Crippen LogP contribution in [0.25, 0.3) is 0 Å². The predicted molar refractivity (Wildman–Crippen MR) is 146 cm³/mol. The van der Waals surface area contributed by atoms with Gasteiger partial charge in [0.15, 0.2) is 0 Å². The summed E-state index contributed by atoms with van der Waals surface area (Å²) in [5.41, 5.74) is 0.796. The fourth-order valence-corrected chi connectivity index (χ4v) is 4.62. The SMILES string of the molecule is CC(C)CC1NC(=O)C(C)C(O)C(Cc2ccccc2)NC(=O)C(NC(=O)c2ccccc2O)C(C)NC1=O. The molecule has 0 spiro atoms. The summed E-state index contributed by atoms with van der Waals surface area (Å²) in [5, 5.41) is 32.3. The summed E-state index contributed by atoms with van der Waals surface area (Å²) >= 11 is 0. The second-order valence-corrected chi connectivity index (χ2v) is 10.5. The third-order valence-electron chi connectivity index (χ3n) is 6.89. The second kappa shape index (κ2) is 13.2. The van der Waals surface area contributed by atoms with E-state index < -0.39 is 59.8 Å². The van der Waals surface area contributed by atoms with Gasteiger partial charge in [0.25, 0.3) is 5.91 Å². The smallest absolute Gasteiger partial charge is 0.255 e. The van der Waals surface area contributed by atoms with E-state index in [1.54, 1.807) is 26.0 Å². The van der Waals surface area contributed by atoms with Gasteiger partial charge in [-0.2, -0.15) is 0 Å². The van der Waals surface area contributed by atoms with E-state index in [1.807, 2.05) is 44.2 Å². The molecule has 6 atom stereocenters. The largest absolute Gasteiger partial charge is 0.507 e. The molecule has 2 aromatic rings. The summed E-state index contributed by atoms with van der Waals surface area (Å²) in [6.45, 7) is 6.94. The molecule has 0 saturated carbocycles. The van der Waals surface area contributed by atoms with Crippen molar-refractivity contribution in [1.82, 2.24) is 21.3 Å². The van der Waals surface area contributed by atoms with Crippen molar-refractivity contribution in [2.24, 2.45) is 11.8 Å². The summed E-state index contributed by atoms with van der Waals surface area (Å²) in [5.74, 6) is -3.52. The van der Waals surface area contributed by atoms with Crippen molar-refractivity contribution in [2.45, 2.75) is 70.8 Å². The lowest BCUT2D eigenvalue weighted by Crippen LogP contribution is -2.64. The topological polar surface area (TPSA) is 157 Å². The van der Waals surface area contributed by atoms with Gasteiger partial charge in [0.2, 0.25) is 17.7 Å². The van der Waals surface area contributed by atoms with Crippen molar-refractivity contribution in [3.05, 3.63) is 65.7 Å². The summed E-state index contributed by atoms with van der Waals surface area (Å²) in [6.07, 6.45) is -0.732. The number of phenolic OH excluding ortho intramolecular Hbond substituents is 1. The highest BCUT2D eigenvalue weighted by Crippen LogP contribution is 2.18. The van der Waals surface area contributed by atoms with Crippen LogP contribution in [0.2, 0.25) is 0 Å². The van der Waals surface area contributed by atoms with Gasteiger partial charge < -0.3 is 31.5 Å². The van der Waals surface area contributed by atoms with Crippen LogP contribution < -0.4 is 21.3 Å². The number of phenols is 1. The molecule has 0 aromatic heterocycles. The molecule has 10 heteroatoms. The zero-order valence-electron chi connectivity index (χ0n) is 22.7. The van der Waals surface area contributed by atoms with Gasteiger partial charge in [0.05, 0.1) is 29.7 Å². The van der Waals surface area contributed by atoms with E-state index in [1.165, 1.54) is 12.1 Å². The molecule has 10 nitrogen and oxygen atoms in total. The summed E-state index contributed by atoms with van der Waals surface area (Å²) in [4.78, 5) is 53.0. The van der Waals surface area contributed by atoms with Gasteiger partial charge in [-0.25, -0.2) is 0 Å². The minimum Gasteiger partial charge on any atom is -0.507 e. The number of hydrogen-bond acceptors (Lipinski definition) is 6. The average molecular weight is 539 g/mol. The monoisotopic (exact) mass is 538 g/mol. The zero-order valence-corrected chi connectivity index (χ0v) is 22.7. The molecule has 6 unspecified atom stereocenters. The van der Waals surface area contributed by atoms with Crippen LogP contribution in [0, 0.1) is 11.8 Å². The molecule has 1 saturated heterocycles. The lowest BCUT2D eigenvalue weighted by Gasteiger charge is -2.34. The molecule has 4 amide bonds. The quantitative estimate of drug-likeness (QED) is 0.325. The number of aliphatic hydroxyl groups excluding tert-OH is 1. The third-order valence-corrected chi connectivity index (χ3v) is 6.89. The summed E-state index contributed by atoms with van der Waals surface area (Å²) < 4.78 is 0. The maximum Gasteiger partial charge on any atom is 0.255 e. The molecule has 6 N–H and O–H groups in total. The Morgan fingerprint density at radius 2 is 1.54 bits per heavy atom. The van der Waals surface area contributed by atoms with Crippen LogP contribution in [0.1, 0.15) is 50.0 Å². The third kappa shape index (κ3) is 7.79. The second-order valence-electron chi connectivity index (χ2n) is 10.5. The summed E-state index contributed by atoms with van der Waals surface area (Å²) in [7, 11) is 0. The fourth-order valence-electron chi connectivity index (χ4n) is 4.62. The highest BCUT2D eigenvalue weighted by Gasteiger charge is 2.38.